The fraction of sp³-hybridized carbons (Fsp3) is 0.0667. The second-order valence-corrected chi connectivity index (χ2v) is 12.0. The number of hydrogen-bond donors (Lipinski definition) is 2. The Hall–Kier alpha value is -6.62. The third-order valence-electron chi connectivity index (χ3n) is 8.60. The molecule has 0 bridgehead atoms. The van der Waals surface area contributed by atoms with E-state index < -0.39 is 17.4 Å². The normalized spacial score (nSPS) is 10.7. The Bertz CT molecular complexity index is 2150. The number of hydrogen-bond acceptors (Lipinski definition) is 2. The van der Waals surface area contributed by atoms with Gasteiger partial charge in [-0.15, -0.1) is 0 Å². The lowest BCUT2D eigenvalue weighted by Crippen LogP contribution is -2.24. The van der Waals surface area contributed by atoms with E-state index in [2.05, 4.69) is 23.7 Å². The summed E-state index contributed by atoms with van der Waals surface area (Å²) in [4.78, 5) is 25.2. The van der Waals surface area contributed by atoms with Crippen LogP contribution in [0.2, 0.25) is 0 Å². The average Bonchev–Trinajstić information content (AvgIpc) is 3.13. The van der Waals surface area contributed by atoms with Gasteiger partial charge in [0.1, 0.15) is 0 Å². The molecule has 6 rings (SSSR count). The van der Waals surface area contributed by atoms with Gasteiger partial charge in [-0.3, -0.25) is 0 Å². The van der Waals surface area contributed by atoms with Crippen LogP contribution in [0.1, 0.15) is 67.9 Å². The second kappa shape index (κ2) is 14.0. The van der Waals surface area contributed by atoms with Gasteiger partial charge < -0.3 is 10.2 Å². The summed E-state index contributed by atoms with van der Waals surface area (Å²) < 4.78 is 0. The molecule has 0 fully saturated rings. The molecule has 0 aliphatic rings. The maximum atomic E-state index is 12.6. The van der Waals surface area contributed by atoms with Crippen molar-refractivity contribution in [2.45, 2.75) is 19.3 Å². The van der Waals surface area contributed by atoms with Gasteiger partial charge in [0.15, 0.2) is 0 Å². The molecule has 0 heterocycles. The molecule has 0 saturated carbocycles. The number of carbonyl (C=O) groups is 2. The van der Waals surface area contributed by atoms with E-state index in [-0.39, 0.29) is 11.1 Å². The summed E-state index contributed by atoms with van der Waals surface area (Å²) >= 11 is 0. The number of benzene rings is 6. The first-order chi connectivity index (χ1) is 23.8. The molecule has 0 aromatic heterocycles. The van der Waals surface area contributed by atoms with Crippen molar-refractivity contribution in [2.24, 2.45) is 0 Å². The molecule has 0 aliphatic carbocycles. The Balaban J connectivity index is 1.52. The highest BCUT2D eigenvalue weighted by molar-refractivity contribution is 5.93. The van der Waals surface area contributed by atoms with E-state index in [4.69, 9.17) is 0 Å². The number of rotatable bonds is 6. The summed E-state index contributed by atoms with van der Waals surface area (Å²) in [5.41, 5.74) is 6.63. The van der Waals surface area contributed by atoms with Crippen molar-refractivity contribution < 1.29 is 19.8 Å². The van der Waals surface area contributed by atoms with Crippen LogP contribution in [0.4, 0.5) is 0 Å². The molecule has 4 nitrogen and oxygen atoms in total. The molecule has 0 amide bonds. The molecule has 0 saturated heterocycles. The Kier molecular flexibility index (Phi) is 9.25. The molecule has 0 radical (unpaired) electrons. The maximum absolute atomic E-state index is 12.6. The molecule has 4 heteroatoms. The van der Waals surface area contributed by atoms with Gasteiger partial charge in [-0.25, -0.2) is 9.59 Å². The first kappa shape index (κ1) is 32.3. The quantitative estimate of drug-likeness (QED) is 0.179. The summed E-state index contributed by atoms with van der Waals surface area (Å²) in [5.74, 6) is 10.8. The van der Waals surface area contributed by atoms with Crippen LogP contribution in [-0.2, 0) is 5.41 Å². The Morgan fingerprint density at radius 1 is 0.449 bits per heavy atom. The summed E-state index contributed by atoms with van der Waals surface area (Å²) in [6.45, 7) is 3.89. The summed E-state index contributed by atoms with van der Waals surface area (Å²) in [5, 5.41) is 20.6. The molecule has 0 unspecified atom stereocenters. The van der Waals surface area contributed by atoms with E-state index in [0.29, 0.717) is 22.3 Å². The van der Waals surface area contributed by atoms with Gasteiger partial charge in [-0.1, -0.05) is 159 Å². The minimum atomic E-state index is -1.10. The SMILES string of the molecule is CC(C)(c1cccc(C(=O)O)c1C#Cc1ccccc1-c1ccccc1)c1cccc(C(=O)O)c1C#Cc1ccccc1-c1ccccc1. The van der Waals surface area contributed by atoms with Crippen molar-refractivity contribution in [1.82, 2.24) is 0 Å². The van der Waals surface area contributed by atoms with Gasteiger partial charge in [-0.05, 0) is 57.6 Å². The number of carboxylic acids is 2. The van der Waals surface area contributed by atoms with Crippen LogP contribution in [0, 0.1) is 23.7 Å². The summed E-state index contributed by atoms with van der Waals surface area (Å²) in [7, 11) is 0. The average molecular weight is 637 g/mol. The summed E-state index contributed by atoms with van der Waals surface area (Å²) in [6, 6.07) is 45.5. The largest absolute Gasteiger partial charge is 0.478 e. The first-order valence-corrected chi connectivity index (χ1v) is 15.8. The number of carboxylic acid groups (broad SMARTS) is 2. The van der Waals surface area contributed by atoms with E-state index in [1.54, 1.807) is 24.3 Å². The molecule has 0 atom stereocenters. The molecule has 6 aromatic rings. The standard InChI is InChI=1S/C45H32O4/c1-45(2,41-25-13-23-39(43(46)47)37(41)29-27-33-19-9-11-21-35(33)31-15-5-3-6-16-31)42-26-14-24-40(44(48)49)38(42)30-28-34-20-10-12-22-36(34)32-17-7-4-8-18-32/h3-26H,1-2H3,(H,46,47)(H,48,49). The molecular formula is C45H32O4. The van der Waals surface area contributed by atoms with Crippen molar-refractivity contribution in [1.29, 1.82) is 0 Å². The zero-order valence-electron chi connectivity index (χ0n) is 27.1. The van der Waals surface area contributed by atoms with Crippen molar-refractivity contribution in [3.8, 4) is 45.9 Å². The van der Waals surface area contributed by atoms with Gasteiger partial charge in [0, 0.05) is 27.7 Å². The van der Waals surface area contributed by atoms with Gasteiger partial charge in [0.25, 0.3) is 0 Å². The van der Waals surface area contributed by atoms with Crippen molar-refractivity contribution in [3.63, 3.8) is 0 Å². The summed E-state index contributed by atoms with van der Waals surface area (Å²) in [6.07, 6.45) is 0. The fourth-order valence-corrected chi connectivity index (χ4v) is 6.10. The molecule has 236 valence electrons. The van der Waals surface area contributed by atoms with E-state index in [1.165, 1.54) is 0 Å². The van der Waals surface area contributed by atoms with Gasteiger partial charge in [0.2, 0.25) is 0 Å². The molecule has 0 spiro atoms. The predicted octanol–water partition coefficient (Wildman–Crippen LogP) is 9.54. The lowest BCUT2D eigenvalue weighted by atomic mass is 9.73. The fourth-order valence-electron chi connectivity index (χ4n) is 6.10. The minimum Gasteiger partial charge on any atom is -0.478 e. The van der Waals surface area contributed by atoms with E-state index in [0.717, 1.165) is 33.4 Å². The Labute approximate surface area is 286 Å². The highest BCUT2D eigenvalue weighted by Crippen LogP contribution is 2.38. The van der Waals surface area contributed by atoms with E-state index in [1.807, 2.05) is 135 Å². The third-order valence-corrected chi connectivity index (χ3v) is 8.60. The molecule has 6 aromatic carbocycles. The van der Waals surface area contributed by atoms with Crippen LogP contribution >= 0.6 is 0 Å². The zero-order valence-corrected chi connectivity index (χ0v) is 27.1. The highest BCUT2D eigenvalue weighted by atomic mass is 16.4. The van der Waals surface area contributed by atoms with Crippen LogP contribution < -0.4 is 0 Å². The molecule has 49 heavy (non-hydrogen) atoms. The Morgan fingerprint density at radius 3 is 1.20 bits per heavy atom. The predicted molar refractivity (Wildman–Crippen MR) is 195 cm³/mol. The molecular weight excluding hydrogens is 604 g/mol. The van der Waals surface area contributed by atoms with Crippen molar-refractivity contribution >= 4 is 11.9 Å². The second-order valence-electron chi connectivity index (χ2n) is 12.0. The number of aromatic carboxylic acids is 2. The zero-order chi connectivity index (χ0) is 34.4. The van der Waals surface area contributed by atoms with Crippen LogP contribution in [-0.4, -0.2) is 22.2 Å². The molecule has 0 aliphatic heterocycles. The van der Waals surface area contributed by atoms with Crippen LogP contribution in [0.25, 0.3) is 22.3 Å². The van der Waals surface area contributed by atoms with Crippen LogP contribution in [0.5, 0.6) is 0 Å². The monoisotopic (exact) mass is 636 g/mol. The minimum absolute atomic E-state index is 0.0640. The smallest absolute Gasteiger partial charge is 0.336 e. The van der Waals surface area contributed by atoms with Crippen molar-refractivity contribution in [3.05, 3.63) is 190 Å². The van der Waals surface area contributed by atoms with Crippen LogP contribution in [0.15, 0.2) is 146 Å². The van der Waals surface area contributed by atoms with Gasteiger partial charge in [-0.2, -0.15) is 0 Å². The van der Waals surface area contributed by atoms with Gasteiger partial charge >= 0.3 is 11.9 Å². The topological polar surface area (TPSA) is 74.6 Å². The van der Waals surface area contributed by atoms with Crippen LogP contribution in [0.3, 0.4) is 0 Å². The lowest BCUT2D eigenvalue weighted by molar-refractivity contribution is 0.0685. The third kappa shape index (κ3) is 6.77. The van der Waals surface area contributed by atoms with Crippen molar-refractivity contribution in [2.75, 3.05) is 0 Å². The molecule has 2 N–H and O–H groups in total. The van der Waals surface area contributed by atoms with Gasteiger partial charge in [0.05, 0.1) is 11.1 Å². The highest BCUT2D eigenvalue weighted by Gasteiger charge is 2.31. The van der Waals surface area contributed by atoms with E-state index >= 15 is 0 Å². The van der Waals surface area contributed by atoms with E-state index in [9.17, 15) is 19.8 Å². The lowest BCUT2D eigenvalue weighted by Gasteiger charge is -2.29. The first-order valence-electron chi connectivity index (χ1n) is 15.8. The Morgan fingerprint density at radius 2 is 0.816 bits per heavy atom. The maximum Gasteiger partial charge on any atom is 0.336 e.